The number of fused-ring (bicyclic) bond motifs is 1. The zero-order chi connectivity index (χ0) is 28.4. The summed E-state index contributed by atoms with van der Waals surface area (Å²) in [5.74, 6) is -0.913. The predicted molar refractivity (Wildman–Crippen MR) is 160 cm³/mol. The average molecular weight is 592 g/mol. The van der Waals surface area contributed by atoms with Crippen molar-refractivity contribution >= 4 is 65.5 Å². The first-order chi connectivity index (χ1) is 19.2. The lowest BCUT2D eigenvalue weighted by molar-refractivity contribution is 0.0531. The lowest BCUT2D eigenvalue weighted by Gasteiger charge is -2.19. The van der Waals surface area contributed by atoms with Gasteiger partial charge in [-0.05, 0) is 67.9 Å². The molecule has 0 aliphatic rings. The number of ether oxygens (including phenoxy) is 1. The van der Waals surface area contributed by atoms with E-state index in [-0.39, 0.29) is 17.1 Å². The normalized spacial score (nSPS) is 11.4. The number of para-hydroxylation sites is 2. The molecule has 204 valence electrons. The van der Waals surface area contributed by atoms with Crippen molar-refractivity contribution in [3.8, 4) is 10.6 Å². The van der Waals surface area contributed by atoms with Crippen LogP contribution in [-0.2, 0) is 14.8 Å². The van der Waals surface area contributed by atoms with E-state index in [4.69, 9.17) is 9.72 Å². The van der Waals surface area contributed by atoms with Crippen LogP contribution in [0.5, 0.6) is 0 Å². The Labute approximate surface area is 239 Å². The van der Waals surface area contributed by atoms with Crippen LogP contribution in [0.3, 0.4) is 0 Å². The van der Waals surface area contributed by atoms with Crippen LogP contribution >= 0.6 is 22.7 Å². The van der Waals surface area contributed by atoms with Crippen LogP contribution in [0.15, 0.2) is 83.8 Å². The van der Waals surface area contributed by atoms with Gasteiger partial charge in [0.2, 0.25) is 0 Å². The standard InChI is InChI=1S/C29H25N3O5S3/c1-4-37-29(34)25-18(2)24(27-30-22-12-8-9-13-23(22)38-27)28(39-25)31-26(33)19-14-16-21(17-15-19)40(35,36)32(3)20-10-6-5-7-11-20/h5-17H,4H2,1-3H3,(H,31,33). The molecule has 5 aromatic rings. The summed E-state index contributed by atoms with van der Waals surface area (Å²) in [6, 6.07) is 22.2. The summed E-state index contributed by atoms with van der Waals surface area (Å²) in [5, 5.41) is 4.05. The van der Waals surface area contributed by atoms with Gasteiger partial charge in [-0.25, -0.2) is 18.2 Å². The Balaban J connectivity index is 1.46. The molecule has 0 aliphatic carbocycles. The summed E-state index contributed by atoms with van der Waals surface area (Å²) in [5.41, 5.74) is 2.94. The number of hydrogen-bond acceptors (Lipinski definition) is 8. The molecule has 5 rings (SSSR count). The molecule has 0 aliphatic heterocycles. The second-order valence-corrected chi connectivity index (χ2v) is 12.8. The summed E-state index contributed by atoms with van der Waals surface area (Å²) in [4.78, 5) is 31.2. The number of thiophene rings is 1. The van der Waals surface area contributed by atoms with Gasteiger partial charge in [-0.2, -0.15) is 0 Å². The number of carbonyl (C=O) groups is 2. The first kappa shape index (κ1) is 27.5. The van der Waals surface area contributed by atoms with Crippen LogP contribution in [0.2, 0.25) is 0 Å². The van der Waals surface area contributed by atoms with Crippen LogP contribution in [0.1, 0.15) is 32.5 Å². The van der Waals surface area contributed by atoms with Crippen LogP contribution in [0.25, 0.3) is 20.8 Å². The number of nitrogens with one attached hydrogen (secondary N) is 1. The fraction of sp³-hybridized carbons (Fsp3) is 0.138. The summed E-state index contributed by atoms with van der Waals surface area (Å²) in [7, 11) is -2.34. The molecule has 0 unspecified atom stereocenters. The van der Waals surface area contributed by atoms with Crippen LogP contribution in [-0.4, -0.2) is 38.9 Å². The van der Waals surface area contributed by atoms with E-state index in [9.17, 15) is 18.0 Å². The third kappa shape index (κ3) is 5.23. The number of carbonyl (C=O) groups excluding carboxylic acids is 2. The third-order valence-electron chi connectivity index (χ3n) is 6.24. The average Bonchev–Trinajstić information content (AvgIpc) is 3.53. The number of sulfonamides is 1. The van der Waals surface area contributed by atoms with Gasteiger partial charge in [0.15, 0.2) is 0 Å². The molecule has 2 heterocycles. The van der Waals surface area contributed by atoms with Crippen molar-refractivity contribution in [2.75, 3.05) is 23.3 Å². The van der Waals surface area contributed by atoms with E-state index in [0.717, 1.165) is 21.6 Å². The molecule has 0 saturated heterocycles. The SMILES string of the molecule is CCOC(=O)c1sc(NC(=O)c2ccc(S(=O)(=O)N(C)c3ccccc3)cc2)c(-c2nc3ccccc3s2)c1C. The lowest BCUT2D eigenvalue weighted by Crippen LogP contribution is -2.26. The van der Waals surface area contributed by atoms with Crippen LogP contribution < -0.4 is 9.62 Å². The zero-order valence-electron chi connectivity index (χ0n) is 21.9. The smallest absolute Gasteiger partial charge is 0.348 e. The highest BCUT2D eigenvalue weighted by atomic mass is 32.2. The van der Waals surface area contributed by atoms with E-state index in [1.807, 2.05) is 37.3 Å². The molecular weight excluding hydrogens is 567 g/mol. The zero-order valence-corrected chi connectivity index (χ0v) is 24.3. The van der Waals surface area contributed by atoms with Gasteiger partial charge in [0.05, 0.1) is 27.4 Å². The van der Waals surface area contributed by atoms with Gasteiger partial charge in [-0.15, -0.1) is 22.7 Å². The largest absolute Gasteiger partial charge is 0.462 e. The Hall–Kier alpha value is -4.06. The highest BCUT2D eigenvalue weighted by Gasteiger charge is 2.26. The maximum atomic E-state index is 13.3. The quantitative estimate of drug-likeness (QED) is 0.204. The Kier molecular flexibility index (Phi) is 7.70. The Morgan fingerprint density at radius 1 is 0.950 bits per heavy atom. The van der Waals surface area contributed by atoms with Crippen molar-refractivity contribution in [3.05, 3.63) is 94.9 Å². The predicted octanol–water partition coefficient (Wildman–Crippen LogP) is 6.59. The Morgan fingerprint density at radius 2 is 1.62 bits per heavy atom. The molecule has 1 amide bonds. The van der Waals surface area contributed by atoms with Crippen LogP contribution in [0, 0.1) is 6.92 Å². The number of anilines is 2. The third-order valence-corrected chi connectivity index (χ3v) is 10.3. The molecule has 2 aromatic heterocycles. The molecule has 0 spiro atoms. The number of thiazole rings is 1. The fourth-order valence-electron chi connectivity index (χ4n) is 4.12. The Bertz CT molecular complexity index is 1780. The minimum atomic E-state index is -3.82. The van der Waals surface area contributed by atoms with Crippen molar-refractivity contribution in [2.24, 2.45) is 0 Å². The van der Waals surface area contributed by atoms with Crippen molar-refractivity contribution in [1.82, 2.24) is 4.98 Å². The van der Waals surface area contributed by atoms with Gasteiger partial charge in [-0.3, -0.25) is 9.10 Å². The van der Waals surface area contributed by atoms with E-state index < -0.39 is 21.9 Å². The number of benzene rings is 3. The molecule has 3 aromatic carbocycles. The van der Waals surface area contributed by atoms with Crippen molar-refractivity contribution in [3.63, 3.8) is 0 Å². The first-order valence-electron chi connectivity index (χ1n) is 12.3. The molecule has 0 saturated carbocycles. The maximum absolute atomic E-state index is 13.3. The van der Waals surface area contributed by atoms with Crippen molar-refractivity contribution in [2.45, 2.75) is 18.7 Å². The van der Waals surface area contributed by atoms with Crippen LogP contribution in [0.4, 0.5) is 10.7 Å². The Morgan fingerprint density at radius 3 is 2.30 bits per heavy atom. The minimum absolute atomic E-state index is 0.0575. The van der Waals surface area contributed by atoms with E-state index in [1.165, 1.54) is 47.0 Å². The van der Waals surface area contributed by atoms with Gasteiger partial charge in [0, 0.05) is 18.2 Å². The molecule has 0 atom stereocenters. The number of amides is 1. The van der Waals surface area contributed by atoms with Gasteiger partial charge >= 0.3 is 5.97 Å². The number of nitrogens with zero attached hydrogens (tertiary/aromatic N) is 2. The molecule has 40 heavy (non-hydrogen) atoms. The minimum Gasteiger partial charge on any atom is -0.462 e. The maximum Gasteiger partial charge on any atom is 0.348 e. The van der Waals surface area contributed by atoms with E-state index in [0.29, 0.717) is 31.7 Å². The summed E-state index contributed by atoms with van der Waals surface area (Å²) >= 11 is 2.59. The first-order valence-corrected chi connectivity index (χ1v) is 15.4. The molecular formula is C29H25N3O5S3. The number of rotatable bonds is 8. The summed E-state index contributed by atoms with van der Waals surface area (Å²) in [6.07, 6.45) is 0. The number of hydrogen-bond donors (Lipinski definition) is 1. The van der Waals surface area contributed by atoms with Gasteiger partial charge in [0.25, 0.3) is 15.9 Å². The second-order valence-electron chi connectivity index (χ2n) is 8.75. The molecule has 8 nitrogen and oxygen atoms in total. The molecule has 0 bridgehead atoms. The second kappa shape index (κ2) is 11.2. The van der Waals surface area contributed by atoms with E-state index in [2.05, 4.69) is 5.32 Å². The monoisotopic (exact) mass is 591 g/mol. The molecule has 1 N–H and O–H groups in total. The highest BCUT2D eigenvalue weighted by Crippen LogP contribution is 2.43. The van der Waals surface area contributed by atoms with Gasteiger partial charge in [-0.1, -0.05) is 30.3 Å². The fourth-order valence-corrected chi connectivity index (χ4v) is 7.55. The van der Waals surface area contributed by atoms with E-state index >= 15 is 0 Å². The molecule has 0 radical (unpaired) electrons. The van der Waals surface area contributed by atoms with Crippen molar-refractivity contribution < 1.29 is 22.7 Å². The lowest BCUT2D eigenvalue weighted by atomic mass is 10.1. The van der Waals surface area contributed by atoms with Gasteiger partial charge < -0.3 is 10.1 Å². The van der Waals surface area contributed by atoms with Crippen molar-refractivity contribution in [1.29, 1.82) is 0 Å². The molecule has 11 heteroatoms. The van der Waals surface area contributed by atoms with E-state index in [1.54, 1.807) is 31.2 Å². The topological polar surface area (TPSA) is 106 Å². The molecule has 0 fully saturated rings. The number of aromatic nitrogens is 1. The van der Waals surface area contributed by atoms with Gasteiger partial charge in [0.1, 0.15) is 14.9 Å². The summed E-state index contributed by atoms with van der Waals surface area (Å²) < 4.78 is 33.6. The number of esters is 1. The summed E-state index contributed by atoms with van der Waals surface area (Å²) in [6.45, 7) is 3.77. The highest BCUT2D eigenvalue weighted by molar-refractivity contribution is 7.92.